The zero-order valence-corrected chi connectivity index (χ0v) is 13.9. The van der Waals surface area contributed by atoms with Gasteiger partial charge in [-0.05, 0) is 53.4 Å². The molecule has 2 aliphatic heterocycles. The van der Waals surface area contributed by atoms with Crippen molar-refractivity contribution in [2.24, 2.45) is 0 Å². The molecule has 0 aromatic rings. The summed E-state index contributed by atoms with van der Waals surface area (Å²) >= 11 is 0. The molecule has 0 amide bonds. The van der Waals surface area contributed by atoms with Gasteiger partial charge in [0.2, 0.25) is 0 Å². The third-order valence-electron chi connectivity index (χ3n) is 5.13. The highest BCUT2D eigenvalue weighted by Crippen LogP contribution is 2.13. The van der Waals surface area contributed by atoms with Crippen LogP contribution < -0.4 is 5.32 Å². The zero-order valence-electron chi connectivity index (χ0n) is 13.9. The van der Waals surface area contributed by atoms with Crippen molar-refractivity contribution in [2.75, 3.05) is 53.4 Å². The molecule has 2 saturated heterocycles. The molecule has 0 bridgehead atoms. The maximum Gasteiger partial charge on any atom is 0.0347 e. The first-order valence-electron chi connectivity index (χ1n) is 8.45. The van der Waals surface area contributed by atoms with Crippen LogP contribution >= 0.6 is 0 Å². The predicted octanol–water partition coefficient (Wildman–Crippen LogP) is 1.08. The number of rotatable bonds is 3. The van der Waals surface area contributed by atoms with Gasteiger partial charge < -0.3 is 15.1 Å². The maximum atomic E-state index is 3.76. The molecule has 0 saturated carbocycles. The molecule has 2 heterocycles. The van der Waals surface area contributed by atoms with Gasteiger partial charge in [0, 0.05) is 44.3 Å². The number of likely N-dealkylation sites (N-methyl/N-ethyl adjacent to an activating group) is 2. The smallest absolute Gasteiger partial charge is 0.0347 e. The van der Waals surface area contributed by atoms with E-state index in [1.807, 2.05) is 0 Å². The molecule has 0 spiro atoms. The van der Waals surface area contributed by atoms with E-state index in [1.165, 1.54) is 58.5 Å². The second-order valence-corrected chi connectivity index (χ2v) is 6.95. The molecule has 0 aromatic heterocycles. The summed E-state index contributed by atoms with van der Waals surface area (Å²) in [7, 11) is 4.55. The van der Waals surface area contributed by atoms with Crippen molar-refractivity contribution in [1.29, 1.82) is 0 Å². The summed E-state index contributed by atoms with van der Waals surface area (Å²) in [6.07, 6.45) is 3.83. The first-order valence-corrected chi connectivity index (χ1v) is 8.45. The molecule has 0 aliphatic carbocycles. The van der Waals surface area contributed by atoms with E-state index in [0.717, 1.165) is 0 Å². The fourth-order valence-corrected chi connectivity index (χ4v) is 3.50. The van der Waals surface area contributed by atoms with Gasteiger partial charge in [-0.3, -0.25) is 4.90 Å². The van der Waals surface area contributed by atoms with Crippen molar-refractivity contribution in [2.45, 2.75) is 51.2 Å². The highest BCUT2D eigenvalue weighted by molar-refractivity contribution is 4.84. The number of hydrogen-bond donors (Lipinski definition) is 1. The first-order chi connectivity index (χ1) is 9.58. The molecular weight excluding hydrogens is 248 g/mol. The minimum absolute atomic E-state index is 0.662. The lowest BCUT2D eigenvalue weighted by Crippen LogP contribution is -2.55. The molecule has 0 aromatic carbocycles. The molecule has 20 heavy (non-hydrogen) atoms. The van der Waals surface area contributed by atoms with Crippen LogP contribution in [0.3, 0.4) is 0 Å². The Morgan fingerprint density at radius 3 is 2.55 bits per heavy atom. The number of piperazine rings is 1. The fourth-order valence-electron chi connectivity index (χ4n) is 3.50. The quantitative estimate of drug-likeness (QED) is 0.836. The lowest BCUT2D eigenvalue weighted by atomic mass is 10.0. The van der Waals surface area contributed by atoms with Crippen LogP contribution in [-0.2, 0) is 0 Å². The first kappa shape index (κ1) is 16.2. The van der Waals surface area contributed by atoms with E-state index in [4.69, 9.17) is 0 Å². The molecular formula is C16H34N4. The Hall–Kier alpha value is -0.160. The molecule has 2 fully saturated rings. The van der Waals surface area contributed by atoms with Gasteiger partial charge in [-0.1, -0.05) is 6.92 Å². The lowest BCUT2D eigenvalue weighted by Gasteiger charge is -2.41. The maximum absolute atomic E-state index is 3.76. The van der Waals surface area contributed by atoms with E-state index in [2.05, 4.69) is 48.0 Å². The molecule has 2 rings (SSSR count). The second-order valence-electron chi connectivity index (χ2n) is 6.95. The van der Waals surface area contributed by atoms with Gasteiger partial charge >= 0.3 is 0 Å². The van der Waals surface area contributed by atoms with Crippen molar-refractivity contribution in [3.05, 3.63) is 0 Å². The number of hydrogen-bond acceptors (Lipinski definition) is 4. The van der Waals surface area contributed by atoms with Crippen molar-refractivity contribution in [3.63, 3.8) is 0 Å². The van der Waals surface area contributed by atoms with E-state index in [9.17, 15) is 0 Å². The van der Waals surface area contributed by atoms with E-state index in [-0.39, 0.29) is 0 Å². The van der Waals surface area contributed by atoms with Crippen molar-refractivity contribution in [3.8, 4) is 0 Å². The zero-order chi connectivity index (χ0) is 14.5. The standard InChI is InChI=1S/C16H34N4/c1-5-15-7-9-20(8-6-14(2)17-15)13-16-12-18(3)10-11-19(16)4/h14-17H,5-13H2,1-4H3. The summed E-state index contributed by atoms with van der Waals surface area (Å²) < 4.78 is 0. The Morgan fingerprint density at radius 2 is 1.80 bits per heavy atom. The Morgan fingerprint density at radius 1 is 1.05 bits per heavy atom. The van der Waals surface area contributed by atoms with E-state index < -0.39 is 0 Å². The van der Waals surface area contributed by atoms with Gasteiger partial charge in [-0.2, -0.15) is 0 Å². The van der Waals surface area contributed by atoms with Crippen LogP contribution in [0.15, 0.2) is 0 Å². The minimum atomic E-state index is 0.662. The van der Waals surface area contributed by atoms with E-state index in [1.54, 1.807) is 0 Å². The molecule has 4 heteroatoms. The molecule has 0 radical (unpaired) electrons. The van der Waals surface area contributed by atoms with Crippen molar-refractivity contribution < 1.29 is 0 Å². The van der Waals surface area contributed by atoms with Crippen LogP contribution in [0.5, 0.6) is 0 Å². The molecule has 118 valence electrons. The van der Waals surface area contributed by atoms with Gasteiger partial charge in [-0.15, -0.1) is 0 Å². The number of nitrogens with zero attached hydrogens (tertiary/aromatic N) is 3. The Kier molecular flexibility index (Phi) is 6.27. The SMILES string of the molecule is CCC1CCN(CC2CN(C)CCN2C)CCC(C)N1. The Labute approximate surface area is 125 Å². The van der Waals surface area contributed by atoms with Gasteiger partial charge in [0.1, 0.15) is 0 Å². The van der Waals surface area contributed by atoms with Gasteiger partial charge in [0.25, 0.3) is 0 Å². The summed E-state index contributed by atoms with van der Waals surface area (Å²) in [4.78, 5) is 7.74. The summed E-state index contributed by atoms with van der Waals surface area (Å²) in [5.74, 6) is 0. The summed E-state index contributed by atoms with van der Waals surface area (Å²) in [6.45, 7) is 12.0. The second kappa shape index (κ2) is 7.74. The minimum Gasteiger partial charge on any atom is -0.311 e. The van der Waals surface area contributed by atoms with Gasteiger partial charge in [0.05, 0.1) is 0 Å². The molecule has 3 unspecified atom stereocenters. The largest absolute Gasteiger partial charge is 0.311 e. The highest BCUT2D eigenvalue weighted by Gasteiger charge is 2.25. The number of nitrogens with one attached hydrogen (secondary N) is 1. The fraction of sp³-hybridized carbons (Fsp3) is 1.00. The Balaban J connectivity index is 1.86. The monoisotopic (exact) mass is 282 g/mol. The van der Waals surface area contributed by atoms with Crippen LogP contribution in [0.1, 0.15) is 33.1 Å². The molecule has 2 aliphatic rings. The van der Waals surface area contributed by atoms with E-state index >= 15 is 0 Å². The summed E-state index contributed by atoms with van der Waals surface area (Å²) in [6, 6.07) is 2.07. The molecule has 3 atom stereocenters. The topological polar surface area (TPSA) is 21.8 Å². The van der Waals surface area contributed by atoms with Crippen LogP contribution in [0.25, 0.3) is 0 Å². The van der Waals surface area contributed by atoms with Crippen LogP contribution in [0.2, 0.25) is 0 Å². The predicted molar refractivity (Wildman–Crippen MR) is 86.3 cm³/mol. The summed E-state index contributed by atoms with van der Waals surface area (Å²) in [5, 5.41) is 3.76. The van der Waals surface area contributed by atoms with Crippen LogP contribution in [0.4, 0.5) is 0 Å². The van der Waals surface area contributed by atoms with Crippen molar-refractivity contribution in [1.82, 2.24) is 20.0 Å². The molecule has 4 nitrogen and oxygen atoms in total. The summed E-state index contributed by atoms with van der Waals surface area (Å²) in [5.41, 5.74) is 0. The average Bonchev–Trinajstić information content (AvgIpc) is 2.41. The van der Waals surface area contributed by atoms with Crippen LogP contribution in [0, 0.1) is 0 Å². The van der Waals surface area contributed by atoms with Gasteiger partial charge in [-0.25, -0.2) is 0 Å². The highest BCUT2D eigenvalue weighted by atomic mass is 15.3. The molecule has 1 N–H and O–H groups in total. The van der Waals surface area contributed by atoms with Crippen molar-refractivity contribution >= 4 is 0 Å². The third kappa shape index (κ3) is 4.69. The Bertz CT molecular complexity index is 284. The lowest BCUT2D eigenvalue weighted by molar-refractivity contribution is 0.0766. The normalized spacial score (nSPS) is 35.7. The van der Waals surface area contributed by atoms with E-state index in [0.29, 0.717) is 18.1 Å². The van der Waals surface area contributed by atoms with Crippen LogP contribution in [-0.4, -0.2) is 86.2 Å². The third-order valence-corrected chi connectivity index (χ3v) is 5.13. The van der Waals surface area contributed by atoms with Gasteiger partial charge in [0.15, 0.2) is 0 Å². The average molecular weight is 282 g/mol.